The summed E-state index contributed by atoms with van der Waals surface area (Å²) in [7, 11) is 0. The van der Waals surface area contributed by atoms with Gasteiger partial charge in [-0.25, -0.2) is 4.79 Å². The summed E-state index contributed by atoms with van der Waals surface area (Å²) in [6.07, 6.45) is 2.62. The van der Waals surface area contributed by atoms with Gasteiger partial charge in [-0.3, -0.25) is 9.59 Å². The van der Waals surface area contributed by atoms with Crippen LogP contribution in [0.5, 0.6) is 0 Å². The minimum Gasteiger partial charge on any atom is -0.481 e. The SMILES string of the molecule is CC(C)N(CC(N)=O)C(=O)NC1CCCC(C(=O)O)C1. The molecule has 2 atom stereocenters. The lowest BCUT2D eigenvalue weighted by molar-refractivity contribution is -0.143. The van der Waals surface area contributed by atoms with Crippen LogP contribution in [0.25, 0.3) is 0 Å². The van der Waals surface area contributed by atoms with E-state index in [4.69, 9.17) is 10.8 Å². The lowest BCUT2D eigenvalue weighted by Crippen LogP contribution is -2.51. The Balaban J connectivity index is 2.59. The molecule has 0 radical (unpaired) electrons. The quantitative estimate of drug-likeness (QED) is 0.684. The van der Waals surface area contributed by atoms with Gasteiger partial charge in [-0.2, -0.15) is 0 Å². The number of urea groups is 1. The third kappa shape index (κ3) is 4.71. The van der Waals surface area contributed by atoms with Crippen molar-refractivity contribution >= 4 is 17.9 Å². The molecule has 114 valence electrons. The average molecular weight is 285 g/mol. The molecule has 2 unspecified atom stereocenters. The van der Waals surface area contributed by atoms with Crippen molar-refractivity contribution in [3.05, 3.63) is 0 Å². The first-order chi connectivity index (χ1) is 9.31. The summed E-state index contributed by atoms with van der Waals surface area (Å²) in [6, 6.07) is -0.678. The molecule has 0 aromatic heterocycles. The van der Waals surface area contributed by atoms with Gasteiger partial charge in [0.1, 0.15) is 6.54 Å². The molecule has 7 nitrogen and oxygen atoms in total. The summed E-state index contributed by atoms with van der Waals surface area (Å²) in [5.74, 6) is -1.79. The van der Waals surface area contributed by atoms with Gasteiger partial charge in [0, 0.05) is 12.1 Å². The van der Waals surface area contributed by atoms with Gasteiger partial charge in [0.15, 0.2) is 0 Å². The van der Waals surface area contributed by atoms with Gasteiger partial charge in [-0.1, -0.05) is 6.42 Å². The number of nitrogens with one attached hydrogen (secondary N) is 1. The monoisotopic (exact) mass is 285 g/mol. The number of carbonyl (C=O) groups is 3. The Hall–Kier alpha value is -1.79. The Bertz CT molecular complexity index is 384. The molecule has 1 aliphatic carbocycles. The molecule has 1 fully saturated rings. The fourth-order valence-electron chi connectivity index (χ4n) is 2.46. The van der Waals surface area contributed by atoms with Gasteiger partial charge in [0.05, 0.1) is 5.92 Å². The number of rotatable bonds is 5. The molecule has 0 aliphatic heterocycles. The topological polar surface area (TPSA) is 113 Å². The van der Waals surface area contributed by atoms with E-state index < -0.39 is 17.8 Å². The van der Waals surface area contributed by atoms with Crippen LogP contribution in [0.3, 0.4) is 0 Å². The normalized spacial score (nSPS) is 22.4. The number of carboxylic acids is 1. The molecular formula is C13H23N3O4. The lowest BCUT2D eigenvalue weighted by atomic mass is 9.86. The Morgan fingerprint density at radius 3 is 2.50 bits per heavy atom. The van der Waals surface area contributed by atoms with E-state index in [0.29, 0.717) is 12.8 Å². The molecule has 1 aliphatic rings. The van der Waals surface area contributed by atoms with Crippen LogP contribution in [0, 0.1) is 5.92 Å². The maximum absolute atomic E-state index is 12.1. The second-order valence-electron chi connectivity index (χ2n) is 5.54. The van der Waals surface area contributed by atoms with Gasteiger partial charge in [-0.05, 0) is 33.1 Å². The molecule has 1 saturated carbocycles. The molecule has 4 N–H and O–H groups in total. The predicted molar refractivity (Wildman–Crippen MR) is 72.9 cm³/mol. The maximum Gasteiger partial charge on any atom is 0.318 e. The fourth-order valence-corrected chi connectivity index (χ4v) is 2.46. The molecule has 20 heavy (non-hydrogen) atoms. The molecule has 0 spiro atoms. The Kier molecular flexibility index (Phi) is 5.79. The van der Waals surface area contributed by atoms with E-state index in [2.05, 4.69) is 5.32 Å². The second-order valence-corrected chi connectivity index (χ2v) is 5.54. The van der Waals surface area contributed by atoms with E-state index in [1.165, 1.54) is 4.90 Å². The standard InChI is InChI=1S/C13H23N3O4/c1-8(2)16(7-11(14)17)13(20)15-10-5-3-4-9(6-10)12(18)19/h8-10H,3-7H2,1-2H3,(H2,14,17)(H,15,20)(H,18,19). The summed E-state index contributed by atoms with van der Waals surface area (Å²) in [5.41, 5.74) is 5.13. The molecule has 0 bridgehead atoms. The van der Waals surface area contributed by atoms with Crippen molar-refractivity contribution in [2.45, 2.75) is 51.6 Å². The molecule has 0 aromatic carbocycles. The van der Waals surface area contributed by atoms with E-state index >= 15 is 0 Å². The molecule has 0 saturated heterocycles. The highest BCUT2D eigenvalue weighted by molar-refractivity contribution is 5.83. The van der Waals surface area contributed by atoms with Gasteiger partial charge < -0.3 is 21.1 Å². The highest BCUT2D eigenvalue weighted by atomic mass is 16.4. The van der Waals surface area contributed by atoms with Crippen molar-refractivity contribution in [2.24, 2.45) is 11.7 Å². The van der Waals surface area contributed by atoms with E-state index in [-0.39, 0.29) is 24.7 Å². The number of nitrogens with two attached hydrogens (primary N) is 1. The van der Waals surface area contributed by atoms with Crippen LogP contribution in [0.15, 0.2) is 0 Å². The van der Waals surface area contributed by atoms with Gasteiger partial charge in [-0.15, -0.1) is 0 Å². The number of carbonyl (C=O) groups excluding carboxylic acids is 2. The molecule has 0 heterocycles. The number of carboxylic acid groups (broad SMARTS) is 1. The molecule has 3 amide bonds. The Morgan fingerprint density at radius 2 is 2.00 bits per heavy atom. The van der Waals surface area contributed by atoms with Crippen molar-refractivity contribution in [2.75, 3.05) is 6.54 Å². The zero-order valence-corrected chi connectivity index (χ0v) is 12.0. The maximum atomic E-state index is 12.1. The largest absolute Gasteiger partial charge is 0.481 e. The summed E-state index contributed by atoms with van der Waals surface area (Å²) in [5, 5.41) is 11.8. The van der Waals surface area contributed by atoms with Crippen LogP contribution in [0.4, 0.5) is 4.79 Å². The first-order valence-corrected chi connectivity index (χ1v) is 6.89. The number of amides is 3. The smallest absolute Gasteiger partial charge is 0.318 e. The first kappa shape index (κ1) is 16.3. The first-order valence-electron chi connectivity index (χ1n) is 6.89. The van der Waals surface area contributed by atoms with E-state index in [1.807, 2.05) is 0 Å². The zero-order chi connectivity index (χ0) is 15.3. The summed E-state index contributed by atoms with van der Waals surface area (Å²) in [4.78, 5) is 35.4. The third-order valence-electron chi connectivity index (χ3n) is 3.56. The van der Waals surface area contributed by atoms with E-state index in [1.54, 1.807) is 13.8 Å². The van der Waals surface area contributed by atoms with E-state index in [0.717, 1.165) is 12.8 Å². The minimum atomic E-state index is -0.818. The van der Waals surface area contributed by atoms with Gasteiger partial charge >= 0.3 is 12.0 Å². The van der Waals surface area contributed by atoms with Crippen LogP contribution in [-0.4, -0.2) is 46.5 Å². The number of hydrogen-bond donors (Lipinski definition) is 3. The van der Waals surface area contributed by atoms with E-state index in [9.17, 15) is 14.4 Å². The lowest BCUT2D eigenvalue weighted by Gasteiger charge is -2.31. The zero-order valence-electron chi connectivity index (χ0n) is 12.0. The fraction of sp³-hybridized carbons (Fsp3) is 0.769. The summed E-state index contributed by atoms with van der Waals surface area (Å²) < 4.78 is 0. The number of hydrogen-bond acceptors (Lipinski definition) is 3. The Morgan fingerprint density at radius 1 is 1.35 bits per heavy atom. The van der Waals surface area contributed by atoms with Crippen LogP contribution in [0.2, 0.25) is 0 Å². The number of nitrogens with zero attached hydrogens (tertiary/aromatic N) is 1. The van der Waals surface area contributed by atoms with Crippen molar-refractivity contribution in [3.8, 4) is 0 Å². The van der Waals surface area contributed by atoms with Crippen LogP contribution < -0.4 is 11.1 Å². The summed E-state index contributed by atoms with van der Waals surface area (Å²) in [6.45, 7) is 3.45. The average Bonchev–Trinajstić information content (AvgIpc) is 2.35. The van der Waals surface area contributed by atoms with Crippen molar-refractivity contribution < 1.29 is 19.5 Å². The molecule has 7 heteroatoms. The number of aliphatic carboxylic acids is 1. The number of primary amides is 1. The van der Waals surface area contributed by atoms with Crippen molar-refractivity contribution in [1.29, 1.82) is 0 Å². The summed E-state index contributed by atoms with van der Waals surface area (Å²) >= 11 is 0. The van der Waals surface area contributed by atoms with Crippen LogP contribution in [0.1, 0.15) is 39.5 Å². The molecule has 1 rings (SSSR count). The third-order valence-corrected chi connectivity index (χ3v) is 3.56. The highest BCUT2D eigenvalue weighted by Gasteiger charge is 2.29. The van der Waals surface area contributed by atoms with Gasteiger partial charge in [0.25, 0.3) is 0 Å². The Labute approximate surface area is 118 Å². The van der Waals surface area contributed by atoms with Crippen LogP contribution >= 0.6 is 0 Å². The second kappa shape index (κ2) is 7.12. The molecule has 0 aromatic rings. The predicted octanol–water partition coefficient (Wildman–Crippen LogP) is 0.535. The molecular weight excluding hydrogens is 262 g/mol. The van der Waals surface area contributed by atoms with Crippen molar-refractivity contribution in [1.82, 2.24) is 10.2 Å². The highest BCUT2D eigenvalue weighted by Crippen LogP contribution is 2.24. The minimum absolute atomic E-state index is 0.140. The van der Waals surface area contributed by atoms with Crippen molar-refractivity contribution in [3.63, 3.8) is 0 Å². The van der Waals surface area contributed by atoms with Gasteiger partial charge in [0.2, 0.25) is 5.91 Å². The van der Waals surface area contributed by atoms with Crippen LogP contribution in [-0.2, 0) is 9.59 Å².